The summed E-state index contributed by atoms with van der Waals surface area (Å²) in [6.07, 6.45) is 10.6. The molecule has 0 aliphatic heterocycles. The van der Waals surface area contributed by atoms with Crippen LogP contribution in [0.1, 0.15) is 70.8 Å². The van der Waals surface area contributed by atoms with Crippen LogP contribution in [-0.4, -0.2) is 0 Å². The van der Waals surface area contributed by atoms with Crippen molar-refractivity contribution in [3.63, 3.8) is 0 Å². The van der Waals surface area contributed by atoms with E-state index in [-0.39, 0.29) is 0 Å². The van der Waals surface area contributed by atoms with E-state index in [4.69, 9.17) is 23.2 Å². The van der Waals surface area contributed by atoms with Gasteiger partial charge in [0.25, 0.3) is 0 Å². The third-order valence-corrected chi connectivity index (χ3v) is 5.52. The van der Waals surface area contributed by atoms with E-state index < -0.39 is 0 Å². The molecule has 0 unspecified atom stereocenters. The van der Waals surface area contributed by atoms with Crippen LogP contribution in [0.3, 0.4) is 0 Å². The van der Waals surface area contributed by atoms with Crippen molar-refractivity contribution in [1.82, 2.24) is 0 Å². The lowest BCUT2D eigenvalue weighted by atomic mass is 9.66. The molecule has 0 atom stereocenters. The molecular formula is C18H26Cl2. The molecule has 20 heavy (non-hydrogen) atoms. The normalized spacial score (nSPS) is 18.4. The number of rotatable bonds is 5. The fourth-order valence-electron chi connectivity index (χ4n) is 3.59. The zero-order chi connectivity index (χ0) is 14.6. The summed E-state index contributed by atoms with van der Waals surface area (Å²) in [5, 5.41) is 1.38. The highest BCUT2D eigenvalue weighted by atomic mass is 35.5. The maximum atomic E-state index is 6.25. The van der Waals surface area contributed by atoms with E-state index in [1.807, 2.05) is 6.07 Å². The van der Waals surface area contributed by atoms with Gasteiger partial charge < -0.3 is 0 Å². The standard InChI is InChI=1S/C18H26Cl2/c1-14(2)7-6-12-18(10-4-3-5-11-18)15-8-9-16(19)17(20)13-15/h8-9,13-14H,3-7,10-12H2,1-2H3. The molecule has 0 N–H and O–H groups in total. The maximum absolute atomic E-state index is 6.25. The Morgan fingerprint density at radius 1 is 1.05 bits per heavy atom. The molecule has 0 aromatic heterocycles. The van der Waals surface area contributed by atoms with E-state index in [9.17, 15) is 0 Å². The van der Waals surface area contributed by atoms with Crippen LogP contribution >= 0.6 is 23.2 Å². The van der Waals surface area contributed by atoms with E-state index in [0.717, 1.165) is 5.92 Å². The highest BCUT2D eigenvalue weighted by molar-refractivity contribution is 6.42. The molecule has 2 rings (SSSR count). The first-order valence-electron chi connectivity index (χ1n) is 7.99. The van der Waals surface area contributed by atoms with Gasteiger partial charge in [-0.15, -0.1) is 0 Å². The third-order valence-electron chi connectivity index (χ3n) is 4.78. The summed E-state index contributed by atoms with van der Waals surface area (Å²) in [4.78, 5) is 0. The van der Waals surface area contributed by atoms with Crippen molar-refractivity contribution in [1.29, 1.82) is 0 Å². The van der Waals surface area contributed by atoms with Crippen LogP contribution in [0.2, 0.25) is 10.0 Å². The first-order chi connectivity index (χ1) is 9.53. The van der Waals surface area contributed by atoms with Gasteiger partial charge in [0.15, 0.2) is 0 Å². The van der Waals surface area contributed by atoms with E-state index in [0.29, 0.717) is 15.5 Å². The number of hydrogen-bond acceptors (Lipinski definition) is 0. The molecule has 0 heterocycles. The monoisotopic (exact) mass is 312 g/mol. The molecule has 0 nitrogen and oxygen atoms in total. The summed E-state index contributed by atoms with van der Waals surface area (Å²) < 4.78 is 0. The molecule has 0 saturated heterocycles. The van der Waals surface area contributed by atoms with Crippen LogP contribution in [0.5, 0.6) is 0 Å². The van der Waals surface area contributed by atoms with Gasteiger partial charge in [0.05, 0.1) is 10.0 Å². The molecule has 1 fully saturated rings. The lowest BCUT2D eigenvalue weighted by molar-refractivity contribution is 0.262. The first kappa shape index (κ1) is 16.2. The summed E-state index contributed by atoms with van der Waals surface area (Å²) in [5.74, 6) is 0.796. The molecule has 2 heteroatoms. The highest BCUT2D eigenvalue weighted by Gasteiger charge is 2.33. The summed E-state index contributed by atoms with van der Waals surface area (Å²) in [6.45, 7) is 4.62. The maximum Gasteiger partial charge on any atom is 0.0595 e. The van der Waals surface area contributed by atoms with Gasteiger partial charge in [-0.2, -0.15) is 0 Å². The van der Waals surface area contributed by atoms with Gasteiger partial charge in [-0.1, -0.05) is 75.2 Å². The van der Waals surface area contributed by atoms with Gasteiger partial charge in [0, 0.05) is 0 Å². The average molecular weight is 313 g/mol. The van der Waals surface area contributed by atoms with Crippen LogP contribution in [0, 0.1) is 5.92 Å². The Morgan fingerprint density at radius 2 is 1.75 bits per heavy atom. The van der Waals surface area contributed by atoms with Crippen molar-refractivity contribution in [2.24, 2.45) is 5.92 Å². The highest BCUT2D eigenvalue weighted by Crippen LogP contribution is 2.44. The average Bonchev–Trinajstić information content (AvgIpc) is 2.42. The van der Waals surface area contributed by atoms with Gasteiger partial charge in [-0.25, -0.2) is 0 Å². The second-order valence-corrected chi connectivity index (χ2v) is 7.57. The molecule has 1 aromatic rings. The van der Waals surface area contributed by atoms with Gasteiger partial charge in [-0.05, 0) is 48.3 Å². The van der Waals surface area contributed by atoms with E-state index >= 15 is 0 Å². The Labute approximate surface area is 133 Å². The lowest BCUT2D eigenvalue weighted by Crippen LogP contribution is -2.29. The smallest absolute Gasteiger partial charge is 0.0595 e. The van der Waals surface area contributed by atoms with Crippen molar-refractivity contribution in [3.8, 4) is 0 Å². The summed E-state index contributed by atoms with van der Waals surface area (Å²) in [6, 6.07) is 6.29. The van der Waals surface area contributed by atoms with Crippen molar-refractivity contribution in [2.75, 3.05) is 0 Å². The van der Waals surface area contributed by atoms with Crippen molar-refractivity contribution < 1.29 is 0 Å². The molecule has 0 spiro atoms. The van der Waals surface area contributed by atoms with E-state index in [2.05, 4.69) is 26.0 Å². The van der Waals surface area contributed by atoms with Crippen molar-refractivity contribution in [2.45, 2.75) is 70.6 Å². The van der Waals surface area contributed by atoms with E-state index in [1.165, 1.54) is 56.9 Å². The number of benzene rings is 1. The van der Waals surface area contributed by atoms with Crippen LogP contribution in [-0.2, 0) is 5.41 Å². The fraction of sp³-hybridized carbons (Fsp3) is 0.667. The van der Waals surface area contributed by atoms with Gasteiger partial charge in [0.1, 0.15) is 0 Å². The molecule has 1 saturated carbocycles. The summed E-state index contributed by atoms with van der Waals surface area (Å²) in [5.41, 5.74) is 1.76. The zero-order valence-corrected chi connectivity index (χ0v) is 14.2. The Kier molecular flexibility index (Phi) is 5.81. The first-order valence-corrected chi connectivity index (χ1v) is 8.75. The van der Waals surface area contributed by atoms with Crippen LogP contribution in [0.15, 0.2) is 18.2 Å². The third kappa shape index (κ3) is 3.92. The van der Waals surface area contributed by atoms with Gasteiger partial charge in [0.2, 0.25) is 0 Å². The van der Waals surface area contributed by atoms with Crippen LogP contribution < -0.4 is 0 Å². The Bertz CT molecular complexity index is 431. The zero-order valence-electron chi connectivity index (χ0n) is 12.7. The second-order valence-electron chi connectivity index (χ2n) is 6.76. The minimum Gasteiger partial charge on any atom is -0.0827 e. The predicted octanol–water partition coefficient (Wildman–Crippen LogP) is 7.02. The number of halogens is 2. The lowest BCUT2D eigenvalue weighted by Gasteiger charge is -2.38. The topological polar surface area (TPSA) is 0 Å². The summed E-state index contributed by atoms with van der Waals surface area (Å²) in [7, 11) is 0. The summed E-state index contributed by atoms with van der Waals surface area (Å²) >= 11 is 12.3. The Hall–Kier alpha value is -0.200. The molecule has 0 bridgehead atoms. The largest absolute Gasteiger partial charge is 0.0827 e. The quantitative estimate of drug-likeness (QED) is 0.548. The predicted molar refractivity (Wildman–Crippen MR) is 89.9 cm³/mol. The second kappa shape index (κ2) is 7.18. The molecular weight excluding hydrogens is 287 g/mol. The van der Waals surface area contributed by atoms with E-state index in [1.54, 1.807) is 0 Å². The molecule has 0 amide bonds. The minimum absolute atomic E-state index is 0.349. The Morgan fingerprint density at radius 3 is 2.35 bits per heavy atom. The fourth-order valence-corrected chi connectivity index (χ4v) is 3.88. The molecule has 1 aromatic carbocycles. The SMILES string of the molecule is CC(C)CCCC1(c2ccc(Cl)c(Cl)c2)CCCCC1. The van der Waals surface area contributed by atoms with Gasteiger partial charge >= 0.3 is 0 Å². The van der Waals surface area contributed by atoms with Crippen LogP contribution in [0.4, 0.5) is 0 Å². The number of hydrogen-bond donors (Lipinski definition) is 0. The molecule has 1 aliphatic carbocycles. The van der Waals surface area contributed by atoms with Crippen molar-refractivity contribution in [3.05, 3.63) is 33.8 Å². The Balaban J connectivity index is 2.19. The molecule has 112 valence electrons. The minimum atomic E-state index is 0.349. The van der Waals surface area contributed by atoms with Crippen LogP contribution in [0.25, 0.3) is 0 Å². The van der Waals surface area contributed by atoms with Gasteiger partial charge in [-0.3, -0.25) is 0 Å². The van der Waals surface area contributed by atoms with Crippen molar-refractivity contribution >= 4 is 23.2 Å². The molecule has 1 aliphatic rings. The molecule has 0 radical (unpaired) electrons.